The molecule has 2 unspecified atom stereocenters. The lowest BCUT2D eigenvalue weighted by Gasteiger charge is -2.42. The molecule has 0 radical (unpaired) electrons. The van der Waals surface area contributed by atoms with Crippen LogP contribution in [-0.4, -0.2) is 41.8 Å². The van der Waals surface area contributed by atoms with E-state index in [0.717, 1.165) is 19.6 Å². The molecular weight excluding hydrogens is 202 g/mol. The predicted octanol–water partition coefficient (Wildman–Crippen LogP) is 1.12. The minimum Gasteiger partial charge on any atom is -0.370 e. The second kappa shape index (κ2) is 4.70. The molecule has 0 amide bonds. The summed E-state index contributed by atoms with van der Waals surface area (Å²) in [6.45, 7) is 10.7. The van der Waals surface area contributed by atoms with Gasteiger partial charge in [0.2, 0.25) is 0 Å². The van der Waals surface area contributed by atoms with Crippen molar-refractivity contribution in [3.63, 3.8) is 0 Å². The molecule has 0 aromatic rings. The van der Waals surface area contributed by atoms with Gasteiger partial charge in [-0.15, -0.1) is 0 Å². The highest BCUT2D eigenvalue weighted by Crippen LogP contribution is 2.21. The van der Waals surface area contributed by atoms with E-state index in [0.29, 0.717) is 6.42 Å². The van der Waals surface area contributed by atoms with Crippen LogP contribution in [0.3, 0.4) is 0 Å². The number of morpholine rings is 1. The van der Waals surface area contributed by atoms with Crippen LogP contribution < -0.4 is 5.73 Å². The number of ether oxygens (including phenoxy) is 1. The van der Waals surface area contributed by atoms with Gasteiger partial charge in [-0.05, 0) is 34.1 Å². The Morgan fingerprint density at radius 1 is 1.62 bits per heavy atom. The number of hydrogen-bond acceptors (Lipinski definition) is 4. The smallest absolute Gasteiger partial charge is 0.102 e. The maximum Gasteiger partial charge on any atom is 0.102 e. The van der Waals surface area contributed by atoms with Crippen LogP contribution in [0.1, 0.15) is 34.1 Å². The summed E-state index contributed by atoms with van der Waals surface area (Å²) in [5.41, 5.74) is 5.00. The van der Waals surface area contributed by atoms with E-state index in [1.165, 1.54) is 0 Å². The first kappa shape index (κ1) is 13.4. The second-order valence-electron chi connectivity index (χ2n) is 5.70. The highest BCUT2D eigenvalue weighted by Gasteiger charge is 2.31. The van der Waals surface area contributed by atoms with Crippen molar-refractivity contribution < 1.29 is 4.74 Å². The Morgan fingerprint density at radius 3 is 2.75 bits per heavy atom. The van der Waals surface area contributed by atoms with Crippen LogP contribution in [0.15, 0.2) is 0 Å². The summed E-state index contributed by atoms with van der Waals surface area (Å²) in [4.78, 5) is 2.33. The van der Waals surface area contributed by atoms with E-state index < -0.39 is 5.54 Å². The molecule has 16 heavy (non-hydrogen) atoms. The summed E-state index contributed by atoms with van der Waals surface area (Å²) >= 11 is 0. The molecule has 1 rings (SSSR count). The molecule has 4 nitrogen and oxygen atoms in total. The Kier molecular flexibility index (Phi) is 3.95. The van der Waals surface area contributed by atoms with Crippen LogP contribution >= 0.6 is 0 Å². The zero-order valence-electron chi connectivity index (χ0n) is 10.8. The van der Waals surface area contributed by atoms with Crippen molar-refractivity contribution in [2.45, 2.75) is 51.4 Å². The average Bonchev–Trinajstić information content (AvgIpc) is 2.12. The number of rotatable bonds is 3. The van der Waals surface area contributed by atoms with Gasteiger partial charge < -0.3 is 10.5 Å². The van der Waals surface area contributed by atoms with Crippen LogP contribution in [-0.2, 0) is 4.74 Å². The van der Waals surface area contributed by atoms with Gasteiger partial charge in [0.1, 0.15) is 5.54 Å². The Balaban J connectivity index is 2.47. The monoisotopic (exact) mass is 225 g/mol. The molecule has 1 fully saturated rings. The predicted molar refractivity (Wildman–Crippen MR) is 63.9 cm³/mol. The van der Waals surface area contributed by atoms with Crippen molar-refractivity contribution in [3.8, 4) is 6.07 Å². The van der Waals surface area contributed by atoms with Crippen LogP contribution in [0.5, 0.6) is 0 Å². The fourth-order valence-corrected chi connectivity index (χ4v) is 2.20. The molecule has 0 aliphatic carbocycles. The molecule has 1 saturated heterocycles. The molecule has 0 spiro atoms. The standard InChI is InChI=1S/C12H23N3O/c1-10-7-15(9-11(2,3)16-10)6-5-12(4,14)8-13/h10H,5-7,9,14H2,1-4H3. The van der Waals surface area contributed by atoms with Crippen LogP contribution in [0.4, 0.5) is 0 Å². The van der Waals surface area contributed by atoms with Gasteiger partial charge in [0, 0.05) is 19.6 Å². The largest absolute Gasteiger partial charge is 0.370 e. The molecule has 0 bridgehead atoms. The average molecular weight is 225 g/mol. The lowest BCUT2D eigenvalue weighted by atomic mass is 9.99. The highest BCUT2D eigenvalue weighted by molar-refractivity contribution is 5.01. The first-order valence-corrected chi connectivity index (χ1v) is 5.84. The summed E-state index contributed by atoms with van der Waals surface area (Å²) in [5.74, 6) is 0. The molecule has 1 aliphatic heterocycles. The van der Waals surface area contributed by atoms with Crippen LogP contribution in [0.2, 0.25) is 0 Å². The maximum absolute atomic E-state index is 8.86. The fraction of sp³-hybridized carbons (Fsp3) is 0.917. The van der Waals surface area contributed by atoms with E-state index in [-0.39, 0.29) is 11.7 Å². The SMILES string of the molecule is CC1CN(CCC(C)(N)C#N)CC(C)(C)O1. The van der Waals surface area contributed by atoms with Gasteiger partial charge in [-0.3, -0.25) is 4.90 Å². The van der Waals surface area contributed by atoms with Gasteiger partial charge in [0.25, 0.3) is 0 Å². The van der Waals surface area contributed by atoms with Crippen LogP contribution in [0.25, 0.3) is 0 Å². The summed E-state index contributed by atoms with van der Waals surface area (Å²) in [6, 6.07) is 2.13. The normalized spacial score (nSPS) is 29.4. The first-order chi connectivity index (χ1) is 7.24. The second-order valence-corrected chi connectivity index (χ2v) is 5.70. The van der Waals surface area contributed by atoms with Crippen LogP contribution in [0, 0.1) is 11.3 Å². The lowest BCUT2D eigenvalue weighted by molar-refractivity contribution is -0.129. The third-order valence-corrected chi connectivity index (χ3v) is 2.84. The molecule has 2 N–H and O–H groups in total. The minimum atomic E-state index is -0.717. The van der Waals surface area contributed by atoms with Gasteiger partial charge in [-0.2, -0.15) is 5.26 Å². The van der Waals surface area contributed by atoms with Gasteiger partial charge in [-0.25, -0.2) is 0 Å². The Hall–Kier alpha value is -0.630. The van der Waals surface area contributed by atoms with Crippen molar-refractivity contribution in [1.29, 1.82) is 5.26 Å². The number of nitrogens with zero attached hydrogens (tertiary/aromatic N) is 2. The van der Waals surface area contributed by atoms with Gasteiger partial charge in [0.05, 0.1) is 17.8 Å². The van der Waals surface area contributed by atoms with E-state index in [2.05, 4.69) is 31.7 Å². The Labute approximate surface area is 98.4 Å². The Morgan fingerprint density at radius 2 is 2.25 bits per heavy atom. The molecule has 1 aliphatic rings. The van der Waals surface area contributed by atoms with E-state index in [4.69, 9.17) is 15.7 Å². The summed E-state index contributed by atoms with van der Waals surface area (Å²) in [6.07, 6.45) is 0.946. The molecule has 1 heterocycles. The third kappa shape index (κ3) is 4.09. The molecule has 4 heteroatoms. The molecule has 2 atom stereocenters. The zero-order chi connectivity index (χ0) is 12.4. The van der Waals surface area contributed by atoms with E-state index >= 15 is 0 Å². The molecule has 0 aromatic heterocycles. The third-order valence-electron chi connectivity index (χ3n) is 2.84. The molecular formula is C12H23N3O. The van der Waals surface area contributed by atoms with Crippen molar-refractivity contribution in [2.24, 2.45) is 5.73 Å². The summed E-state index contributed by atoms with van der Waals surface area (Å²) in [5, 5.41) is 8.86. The quantitative estimate of drug-likeness (QED) is 0.781. The minimum absolute atomic E-state index is 0.102. The van der Waals surface area contributed by atoms with Gasteiger partial charge in [0.15, 0.2) is 0 Å². The van der Waals surface area contributed by atoms with Gasteiger partial charge in [-0.1, -0.05) is 0 Å². The summed E-state index contributed by atoms with van der Waals surface area (Å²) < 4.78 is 5.82. The van der Waals surface area contributed by atoms with Crippen molar-refractivity contribution >= 4 is 0 Å². The van der Waals surface area contributed by atoms with Crippen molar-refractivity contribution in [3.05, 3.63) is 0 Å². The fourth-order valence-electron chi connectivity index (χ4n) is 2.20. The lowest BCUT2D eigenvalue weighted by Crippen LogP contribution is -2.53. The molecule has 0 saturated carbocycles. The number of nitrogens with two attached hydrogens (primary N) is 1. The van der Waals surface area contributed by atoms with E-state index in [9.17, 15) is 0 Å². The van der Waals surface area contributed by atoms with Crippen molar-refractivity contribution in [1.82, 2.24) is 4.90 Å². The van der Waals surface area contributed by atoms with Gasteiger partial charge >= 0.3 is 0 Å². The zero-order valence-corrected chi connectivity index (χ0v) is 10.8. The van der Waals surface area contributed by atoms with E-state index in [1.54, 1.807) is 6.92 Å². The highest BCUT2D eigenvalue weighted by atomic mass is 16.5. The number of hydrogen-bond donors (Lipinski definition) is 1. The topological polar surface area (TPSA) is 62.3 Å². The maximum atomic E-state index is 8.86. The van der Waals surface area contributed by atoms with Crippen molar-refractivity contribution in [2.75, 3.05) is 19.6 Å². The molecule has 92 valence electrons. The summed E-state index contributed by atoms with van der Waals surface area (Å²) in [7, 11) is 0. The molecule has 0 aromatic carbocycles. The Bertz CT molecular complexity index is 280. The number of nitriles is 1. The first-order valence-electron chi connectivity index (χ1n) is 5.84. The van der Waals surface area contributed by atoms with E-state index in [1.807, 2.05) is 0 Å².